The number of hydrogen-bond donors (Lipinski definition) is 0. The summed E-state index contributed by atoms with van der Waals surface area (Å²) < 4.78 is 5.41. The zero-order valence-electron chi connectivity index (χ0n) is 12.0. The third kappa shape index (κ3) is 1.99. The average molecular weight is 273 g/mol. The van der Waals surface area contributed by atoms with Crippen molar-refractivity contribution in [3.63, 3.8) is 0 Å². The zero-order valence-corrected chi connectivity index (χ0v) is 12.0. The Kier molecular flexibility index (Phi) is 2.85. The Morgan fingerprint density at radius 3 is 2.45 bits per heavy atom. The number of carbonyl (C=O) groups is 2. The maximum atomic E-state index is 12.4. The normalized spacial score (nSPS) is 31.1. The van der Waals surface area contributed by atoms with Crippen LogP contribution in [0.15, 0.2) is 30.3 Å². The molecule has 0 radical (unpaired) electrons. The molecule has 1 heterocycles. The lowest BCUT2D eigenvalue weighted by molar-refractivity contribution is -0.131. The summed E-state index contributed by atoms with van der Waals surface area (Å²) in [6, 6.07) is 9.32. The van der Waals surface area contributed by atoms with Gasteiger partial charge in [-0.25, -0.2) is 9.69 Å². The number of cyclic esters (lactones) is 1. The van der Waals surface area contributed by atoms with Gasteiger partial charge < -0.3 is 4.74 Å². The van der Waals surface area contributed by atoms with Gasteiger partial charge in [0.1, 0.15) is 6.10 Å². The van der Waals surface area contributed by atoms with Gasteiger partial charge in [-0.05, 0) is 24.3 Å². The molecule has 1 saturated heterocycles. The molecule has 0 bridgehead atoms. The zero-order chi connectivity index (χ0) is 14.5. The maximum absolute atomic E-state index is 12.4. The van der Waals surface area contributed by atoms with E-state index in [1.54, 1.807) is 0 Å². The second-order valence-electron chi connectivity index (χ2n) is 6.41. The lowest BCUT2D eigenvalue weighted by Crippen LogP contribution is -2.39. The van der Waals surface area contributed by atoms with E-state index in [0.29, 0.717) is 0 Å². The van der Waals surface area contributed by atoms with Crippen molar-refractivity contribution in [3.05, 3.63) is 35.9 Å². The summed E-state index contributed by atoms with van der Waals surface area (Å²) in [4.78, 5) is 25.8. The number of carbonyl (C=O) groups excluding carboxylic acids is 2. The average Bonchev–Trinajstić information content (AvgIpc) is 2.95. The number of imide groups is 1. The summed E-state index contributed by atoms with van der Waals surface area (Å²) in [5.41, 5.74) is 0.945. The smallest absolute Gasteiger partial charge is 0.417 e. The molecule has 2 amide bonds. The number of rotatable bonds is 2. The molecule has 0 N–H and O–H groups in total. The van der Waals surface area contributed by atoms with Crippen molar-refractivity contribution in [1.29, 1.82) is 0 Å². The van der Waals surface area contributed by atoms with Gasteiger partial charge >= 0.3 is 6.09 Å². The molecule has 1 aliphatic carbocycles. The molecule has 2 fully saturated rings. The van der Waals surface area contributed by atoms with Crippen LogP contribution in [0.5, 0.6) is 0 Å². The molecule has 0 aromatic heterocycles. The molecule has 1 aromatic carbocycles. The molecule has 0 unspecified atom stereocenters. The minimum Gasteiger partial charge on any atom is -0.439 e. The van der Waals surface area contributed by atoms with Gasteiger partial charge in [-0.2, -0.15) is 0 Å². The van der Waals surface area contributed by atoms with Crippen LogP contribution in [-0.2, 0) is 9.53 Å². The summed E-state index contributed by atoms with van der Waals surface area (Å²) in [5, 5.41) is 0. The second-order valence-corrected chi connectivity index (χ2v) is 6.41. The Bertz CT molecular complexity index is 552. The van der Waals surface area contributed by atoms with E-state index in [4.69, 9.17) is 4.74 Å². The lowest BCUT2D eigenvalue weighted by Gasteiger charge is -2.20. The fraction of sp³-hybridized carbons (Fsp3) is 0.500. The Labute approximate surface area is 118 Å². The third-order valence-corrected chi connectivity index (χ3v) is 4.45. The predicted molar refractivity (Wildman–Crippen MR) is 73.9 cm³/mol. The second kappa shape index (κ2) is 4.33. The molecule has 1 saturated carbocycles. The molecule has 106 valence electrons. The molecule has 4 nitrogen and oxygen atoms in total. The van der Waals surface area contributed by atoms with E-state index in [2.05, 4.69) is 13.8 Å². The molecule has 3 rings (SSSR count). The van der Waals surface area contributed by atoms with Crippen molar-refractivity contribution in [2.45, 2.75) is 39.3 Å². The minimum atomic E-state index is -0.515. The molecule has 3 atom stereocenters. The Morgan fingerprint density at radius 1 is 1.30 bits per heavy atom. The highest BCUT2D eigenvalue weighted by molar-refractivity contribution is 5.96. The summed E-state index contributed by atoms with van der Waals surface area (Å²) in [7, 11) is 0. The van der Waals surface area contributed by atoms with Gasteiger partial charge in [0.25, 0.3) is 0 Å². The Morgan fingerprint density at radius 2 is 1.90 bits per heavy atom. The minimum absolute atomic E-state index is 0.0158. The predicted octanol–water partition coefficient (Wildman–Crippen LogP) is 3.14. The van der Waals surface area contributed by atoms with Crippen LogP contribution in [0.3, 0.4) is 0 Å². The van der Waals surface area contributed by atoms with Crippen molar-refractivity contribution in [3.8, 4) is 0 Å². The van der Waals surface area contributed by atoms with Gasteiger partial charge in [-0.3, -0.25) is 4.79 Å². The van der Waals surface area contributed by atoms with Crippen molar-refractivity contribution in [1.82, 2.24) is 4.90 Å². The van der Waals surface area contributed by atoms with Crippen LogP contribution >= 0.6 is 0 Å². The first-order valence-corrected chi connectivity index (χ1v) is 7.00. The van der Waals surface area contributed by atoms with E-state index >= 15 is 0 Å². The van der Waals surface area contributed by atoms with E-state index < -0.39 is 6.09 Å². The van der Waals surface area contributed by atoms with E-state index in [1.807, 2.05) is 37.3 Å². The fourth-order valence-electron chi connectivity index (χ4n) is 2.90. The number of benzene rings is 1. The molecule has 1 aromatic rings. The molecule has 1 aliphatic heterocycles. The number of amides is 2. The molecule has 0 spiro atoms. The topological polar surface area (TPSA) is 46.6 Å². The van der Waals surface area contributed by atoms with Crippen molar-refractivity contribution in [2.24, 2.45) is 11.3 Å². The van der Waals surface area contributed by atoms with Crippen LogP contribution in [0.25, 0.3) is 0 Å². The summed E-state index contributed by atoms with van der Waals surface area (Å²) in [6.45, 7) is 5.97. The van der Waals surface area contributed by atoms with Crippen molar-refractivity contribution >= 4 is 12.0 Å². The molecule has 20 heavy (non-hydrogen) atoms. The maximum Gasteiger partial charge on any atom is 0.417 e. The van der Waals surface area contributed by atoms with E-state index in [1.165, 1.54) is 4.90 Å². The highest BCUT2D eigenvalue weighted by atomic mass is 16.6. The molecule has 4 heteroatoms. The molecular weight excluding hydrogens is 254 g/mol. The number of ether oxygens (including phenoxy) is 1. The van der Waals surface area contributed by atoms with Crippen LogP contribution < -0.4 is 0 Å². The van der Waals surface area contributed by atoms with Gasteiger partial charge in [0, 0.05) is 5.92 Å². The molecule has 2 aliphatic rings. The van der Waals surface area contributed by atoms with Gasteiger partial charge in [0.15, 0.2) is 0 Å². The van der Waals surface area contributed by atoms with Crippen LogP contribution in [0.4, 0.5) is 4.79 Å². The highest BCUT2D eigenvalue weighted by Gasteiger charge is 2.56. The third-order valence-electron chi connectivity index (χ3n) is 4.45. The van der Waals surface area contributed by atoms with Gasteiger partial charge in [-0.1, -0.05) is 44.2 Å². The monoisotopic (exact) mass is 273 g/mol. The van der Waals surface area contributed by atoms with E-state index in [9.17, 15) is 9.59 Å². The summed E-state index contributed by atoms with van der Waals surface area (Å²) in [5.74, 6) is -0.141. The first kappa shape index (κ1) is 13.2. The number of hydrogen-bond acceptors (Lipinski definition) is 3. The van der Waals surface area contributed by atoms with Crippen LogP contribution in [-0.4, -0.2) is 22.9 Å². The first-order chi connectivity index (χ1) is 9.42. The lowest BCUT2D eigenvalue weighted by atomic mass is 10.0. The summed E-state index contributed by atoms with van der Waals surface area (Å²) in [6.07, 6.45) is -0.0354. The Hall–Kier alpha value is -1.84. The van der Waals surface area contributed by atoms with Gasteiger partial charge in [0.05, 0.1) is 6.04 Å². The fourth-order valence-corrected chi connectivity index (χ4v) is 2.90. The molecular formula is C16H19NO3. The van der Waals surface area contributed by atoms with Gasteiger partial charge in [0.2, 0.25) is 5.91 Å². The largest absolute Gasteiger partial charge is 0.439 e. The van der Waals surface area contributed by atoms with Crippen molar-refractivity contribution in [2.75, 3.05) is 0 Å². The van der Waals surface area contributed by atoms with E-state index in [0.717, 1.165) is 12.0 Å². The van der Waals surface area contributed by atoms with Crippen LogP contribution in [0.2, 0.25) is 0 Å². The van der Waals surface area contributed by atoms with Gasteiger partial charge in [-0.15, -0.1) is 0 Å². The van der Waals surface area contributed by atoms with E-state index in [-0.39, 0.29) is 29.4 Å². The van der Waals surface area contributed by atoms with Crippen LogP contribution in [0, 0.1) is 11.3 Å². The Balaban J connectivity index is 1.81. The van der Waals surface area contributed by atoms with Crippen LogP contribution in [0.1, 0.15) is 38.9 Å². The number of nitrogens with zero attached hydrogens (tertiary/aromatic N) is 1. The van der Waals surface area contributed by atoms with Crippen molar-refractivity contribution < 1.29 is 14.3 Å². The standard InChI is InChI=1S/C16H19NO3/c1-10-13(11-7-5-4-6-8-11)20-15(19)17(10)14(18)12-9-16(12,2)3/h4-8,10,12-13H,9H2,1-3H3/t10-,12-,13-/m0/s1. The SMILES string of the molecule is C[C@H]1[C@@H](c2ccccc2)OC(=O)N1C(=O)[C@@H]1CC1(C)C. The highest BCUT2D eigenvalue weighted by Crippen LogP contribution is 2.53. The first-order valence-electron chi connectivity index (χ1n) is 7.00. The summed E-state index contributed by atoms with van der Waals surface area (Å²) >= 11 is 0. The quantitative estimate of drug-likeness (QED) is 0.831.